The number of benzene rings is 1. The van der Waals surface area contributed by atoms with Gasteiger partial charge in [-0.3, -0.25) is 4.79 Å². The number of nitriles is 1. The van der Waals surface area contributed by atoms with Gasteiger partial charge >= 0.3 is 0 Å². The summed E-state index contributed by atoms with van der Waals surface area (Å²) in [5.41, 5.74) is 0.919. The van der Waals surface area contributed by atoms with Crippen molar-refractivity contribution in [2.24, 2.45) is 0 Å². The first-order chi connectivity index (χ1) is 7.17. The van der Waals surface area contributed by atoms with E-state index in [2.05, 4.69) is 10.1 Å². The number of nitrogens with zero attached hydrogens (tertiary/aromatic N) is 1. The summed E-state index contributed by atoms with van der Waals surface area (Å²) in [6.07, 6.45) is 0. The zero-order valence-corrected chi connectivity index (χ0v) is 8.84. The van der Waals surface area contributed by atoms with Crippen LogP contribution < -0.4 is 5.32 Å². The average molecular weight is 225 g/mol. The number of nitrogens with one attached hydrogen (secondary N) is 1. The number of hydrogen-bond acceptors (Lipinski definition) is 3. The zero-order chi connectivity index (χ0) is 11.3. The molecule has 0 heterocycles. The summed E-state index contributed by atoms with van der Waals surface area (Å²) >= 11 is 5.85. The Kier molecular flexibility index (Phi) is 4.10. The van der Waals surface area contributed by atoms with Gasteiger partial charge in [0.1, 0.15) is 6.61 Å². The third-order valence-electron chi connectivity index (χ3n) is 1.65. The summed E-state index contributed by atoms with van der Waals surface area (Å²) in [5.74, 6) is -0.288. The van der Waals surface area contributed by atoms with E-state index in [1.807, 2.05) is 6.07 Å². The van der Waals surface area contributed by atoms with E-state index < -0.39 is 0 Å². The molecule has 0 fully saturated rings. The predicted molar refractivity (Wildman–Crippen MR) is 56.7 cm³/mol. The van der Waals surface area contributed by atoms with Crippen LogP contribution in [-0.2, 0) is 9.53 Å². The standard InChI is InChI=1S/C10H9ClN2O2/c1-15-6-10(14)13-9-3-2-7(5-12)4-8(9)11/h2-4H,6H2,1H3,(H,13,14). The van der Waals surface area contributed by atoms with Crippen LogP contribution in [0.2, 0.25) is 5.02 Å². The maximum atomic E-state index is 11.2. The van der Waals surface area contributed by atoms with Crippen LogP contribution in [0, 0.1) is 11.3 Å². The maximum Gasteiger partial charge on any atom is 0.250 e. The molecular formula is C10H9ClN2O2. The molecule has 0 aromatic heterocycles. The van der Waals surface area contributed by atoms with Gasteiger partial charge in [-0.1, -0.05) is 11.6 Å². The number of halogens is 1. The topological polar surface area (TPSA) is 62.1 Å². The fourth-order valence-electron chi connectivity index (χ4n) is 1.00. The first kappa shape index (κ1) is 11.5. The van der Waals surface area contributed by atoms with Crippen molar-refractivity contribution in [3.05, 3.63) is 28.8 Å². The van der Waals surface area contributed by atoms with Crippen LogP contribution in [0.3, 0.4) is 0 Å². The molecule has 15 heavy (non-hydrogen) atoms. The third kappa shape index (κ3) is 3.24. The number of amides is 1. The van der Waals surface area contributed by atoms with Gasteiger partial charge in [0.25, 0.3) is 0 Å². The lowest BCUT2D eigenvalue weighted by Crippen LogP contribution is -2.17. The summed E-state index contributed by atoms with van der Waals surface area (Å²) < 4.78 is 4.65. The molecule has 0 spiro atoms. The lowest BCUT2D eigenvalue weighted by atomic mass is 10.2. The van der Waals surface area contributed by atoms with Crippen LogP contribution in [0.4, 0.5) is 5.69 Å². The van der Waals surface area contributed by atoms with Gasteiger partial charge in [-0.25, -0.2) is 0 Å². The normalized spacial score (nSPS) is 9.40. The van der Waals surface area contributed by atoms with Crippen LogP contribution >= 0.6 is 11.6 Å². The molecule has 0 saturated carbocycles. The number of methoxy groups -OCH3 is 1. The van der Waals surface area contributed by atoms with Crippen molar-refractivity contribution in [2.45, 2.75) is 0 Å². The van der Waals surface area contributed by atoms with Crippen molar-refractivity contribution in [3.63, 3.8) is 0 Å². The molecule has 0 saturated heterocycles. The van der Waals surface area contributed by atoms with Gasteiger partial charge in [0.05, 0.1) is 22.3 Å². The Hall–Kier alpha value is -1.57. The number of ether oxygens (including phenoxy) is 1. The highest BCUT2D eigenvalue weighted by Crippen LogP contribution is 2.22. The monoisotopic (exact) mass is 224 g/mol. The summed E-state index contributed by atoms with van der Waals surface area (Å²) in [6.45, 7) is -0.0314. The molecule has 1 aromatic rings. The van der Waals surface area contributed by atoms with Crippen molar-refractivity contribution in [3.8, 4) is 6.07 Å². The van der Waals surface area contributed by atoms with E-state index in [4.69, 9.17) is 16.9 Å². The molecule has 0 aliphatic heterocycles. The van der Waals surface area contributed by atoms with Crippen LogP contribution in [0.1, 0.15) is 5.56 Å². The molecule has 0 radical (unpaired) electrons. The SMILES string of the molecule is COCC(=O)Nc1ccc(C#N)cc1Cl. The van der Waals surface area contributed by atoms with Gasteiger partial charge in [-0.05, 0) is 18.2 Å². The van der Waals surface area contributed by atoms with Gasteiger partial charge in [0.2, 0.25) is 5.91 Å². The molecule has 1 amide bonds. The number of carbonyl (C=O) groups is 1. The van der Waals surface area contributed by atoms with Gasteiger partial charge < -0.3 is 10.1 Å². The first-order valence-corrected chi connectivity index (χ1v) is 4.53. The van der Waals surface area contributed by atoms with Gasteiger partial charge in [0.15, 0.2) is 0 Å². The molecule has 4 nitrogen and oxygen atoms in total. The molecule has 0 aliphatic carbocycles. The summed E-state index contributed by atoms with van der Waals surface area (Å²) in [6, 6.07) is 6.60. The van der Waals surface area contributed by atoms with E-state index >= 15 is 0 Å². The van der Waals surface area contributed by atoms with Crippen LogP contribution in [0.5, 0.6) is 0 Å². The summed E-state index contributed by atoms with van der Waals surface area (Å²) in [4.78, 5) is 11.2. The summed E-state index contributed by atoms with van der Waals surface area (Å²) in [5, 5.41) is 11.5. The van der Waals surface area contributed by atoms with Crippen LogP contribution in [0.25, 0.3) is 0 Å². The van der Waals surface area contributed by atoms with E-state index in [1.54, 1.807) is 12.1 Å². The Bertz CT molecular complexity index is 412. The maximum absolute atomic E-state index is 11.2. The first-order valence-electron chi connectivity index (χ1n) is 4.16. The Balaban J connectivity index is 2.79. The van der Waals surface area contributed by atoms with Crippen LogP contribution in [-0.4, -0.2) is 19.6 Å². The molecule has 1 N–H and O–H groups in total. The van der Waals surface area contributed by atoms with Crippen molar-refractivity contribution >= 4 is 23.2 Å². The highest BCUT2D eigenvalue weighted by Gasteiger charge is 2.05. The molecule has 78 valence electrons. The van der Waals surface area contributed by atoms with Crippen molar-refractivity contribution < 1.29 is 9.53 Å². The lowest BCUT2D eigenvalue weighted by molar-refractivity contribution is -0.119. The van der Waals surface area contributed by atoms with Gasteiger partial charge in [-0.15, -0.1) is 0 Å². The van der Waals surface area contributed by atoms with E-state index in [0.717, 1.165) is 0 Å². The minimum atomic E-state index is -0.288. The van der Waals surface area contributed by atoms with Gasteiger partial charge in [0, 0.05) is 7.11 Å². The minimum Gasteiger partial charge on any atom is -0.375 e. The fourth-order valence-corrected chi connectivity index (χ4v) is 1.23. The number of rotatable bonds is 3. The Labute approximate surface area is 92.4 Å². The molecule has 5 heteroatoms. The summed E-state index contributed by atoms with van der Waals surface area (Å²) in [7, 11) is 1.43. The van der Waals surface area contributed by atoms with Crippen LogP contribution in [0.15, 0.2) is 18.2 Å². The molecule has 0 unspecified atom stereocenters. The smallest absolute Gasteiger partial charge is 0.250 e. The van der Waals surface area contributed by atoms with E-state index in [-0.39, 0.29) is 12.5 Å². The van der Waals surface area contributed by atoms with E-state index in [1.165, 1.54) is 13.2 Å². The average Bonchev–Trinajstić information content (AvgIpc) is 2.21. The molecular weight excluding hydrogens is 216 g/mol. The molecule has 1 rings (SSSR count). The highest BCUT2D eigenvalue weighted by molar-refractivity contribution is 6.33. The Morgan fingerprint density at radius 1 is 1.67 bits per heavy atom. The van der Waals surface area contributed by atoms with Crippen molar-refractivity contribution in [2.75, 3.05) is 19.0 Å². The molecule has 1 aromatic carbocycles. The number of hydrogen-bond donors (Lipinski definition) is 1. The Morgan fingerprint density at radius 2 is 2.40 bits per heavy atom. The second-order valence-electron chi connectivity index (χ2n) is 2.79. The molecule has 0 bridgehead atoms. The second kappa shape index (κ2) is 5.35. The zero-order valence-electron chi connectivity index (χ0n) is 8.08. The second-order valence-corrected chi connectivity index (χ2v) is 3.19. The quantitative estimate of drug-likeness (QED) is 0.852. The molecule has 0 atom stereocenters. The number of carbonyl (C=O) groups excluding carboxylic acids is 1. The molecule has 0 aliphatic rings. The lowest BCUT2D eigenvalue weighted by Gasteiger charge is -2.06. The van der Waals surface area contributed by atoms with E-state index in [9.17, 15) is 4.79 Å². The largest absolute Gasteiger partial charge is 0.375 e. The van der Waals surface area contributed by atoms with E-state index in [0.29, 0.717) is 16.3 Å². The number of anilines is 1. The predicted octanol–water partition coefficient (Wildman–Crippen LogP) is 1.80. The highest BCUT2D eigenvalue weighted by atomic mass is 35.5. The van der Waals surface area contributed by atoms with Crippen molar-refractivity contribution in [1.82, 2.24) is 0 Å². The van der Waals surface area contributed by atoms with Gasteiger partial charge in [-0.2, -0.15) is 5.26 Å². The Morgan fingerprint density at radius 3 is 2.93 bits per heavy atom. The van der Waals surface area contributed by atoms with Crippen molar-refractivity contribution in [1.29, 1.82) is 5.26 Å². The minimum absolute atomic E-state index is 0.0314. The third-order valence-corrected chi connectivity index (χ3v) is 1.96. The fraction of sp³-hybridized carbons (Fsp3) is 0.200.